The van der Waals surface area contributed by atoms with E-state index >= 15 is 0 Å². The lowest BCUT2D eigenvalue weighted by atomic mass is 10.1. The topological polar surface area (TPSA) is 56.0 Å². The number of furan rings is 1. The second kappa shape index (κ2) is 12.7. The summed E-state index contributed by atoms with van der Waals surface area (Å²) in [7, 11) is 1.85. The third kappa shape index (κ3) is 7.22. The maximum atomic E-state index is 5.71. The van der Waals surface area contributed by atoms with Gasteiger partial charge in [0.2, 0.25) is 0 Å². The molecule has 2 unspecified atom stereocenters. The Balaban J connectivity index is 0.00000280. The van der Waals surface area contributed by atoms with E-state index in [0.717, 1.165) is 37.9 Å². The van der Waals surface area contributed by atoms with Crippen LogP contribution in [0.25, 0.3) is 0 Å². The summed E-state index contributed by atoms with van der Waals surface area (Å²) in [6.45, 7) is 10.1. The normalized spacial score (nSPS) is 21.1. The first-order chi connectivity index (χ1) is 13.3. The largest absolute Gasteiger partial charge is 0.468 e. The Morgan fingerprint density at radius 3 is 2.39 bits per heavy atom. The van der Waals surface area contributed by atoms with Crippen LogP contribution >= 0.6 is 24.0 Å². The van der Waals surface area contributed by atoms with Crippen molar-refractivity contribution in [3.8, 4) is 0 Å². The van der Waals surface area contributed by atoms with Crippen LogP contribution in [0.5, 0.6) is 0 Å². The van der Waals surface area contributed by atoms with Crippen molar-refractivity contribution < 1.29 is 4.42 Å². The molecule has 1 aromatic rings. The highest BCUT2D eigenvalue weighted by Gasteiger charge is 2.25. The maximum Gasteiger partial charge on any atom is 0.191 e. The highest BCUT2D eigenvalue weighted by molar-refractivity contribution is 14.0. The molecule has 1 aromatic heterocycles. The van der Waals surface area contributed by atoms with Crippen LogP contribution in [0, 0.1) is 5.92 Å². The second-order valence-electron chi connectivity index (χ2n) is 8.07. The summed E-state index contributed by atoms with van der Waals surface area (Å²) in [4.78, 5) is 9.53. The van der Waals surface area contributed by atoms with E-state index < -0.39 is 0 Å². The third-order valence-electron chi connectivity index (χ3n) is 5.78. The first kappa shape index (κ1) is 23.5. The van der Waals surface area contributed by atoms with E-state index in [1.54, 1.807) is 6.26 Å². The molecule has 2 N–H and O–H groups in total. The molecule has 0 aliphatic carbocycles. The molecule has 6 nitrogen and oxygen atoms in total. The number of guanidine groups is 1. The van der Waals surface area contributed by atoms with Crippen molar-refractivity contribution in [1.29, 1.82) is 0 Å². The van der Waals surface area contributed by atoms with Gasteiger partial charge in [-0.2, -0.15) is 0 Å². The molecule has 3 rings (SSSR count). The lowest BCUT2D eigenvalue weighted by Crippen LogP contribution is -2.45. The number of nitrogens with zero attached hydrogens (tertiary/aromatic N) is 3. The van der Waals surface area contributed by atoms with Gasteiger partial charge in [0.05, 0.1) is 12.3 Å². The smallest absolute Gasteiger partial charge is 0.191 e. The maximum absolute atomic E-state index is 5.71. The Morgan fingerprint density at radius 1 is 1.07 bits per heavy atom. The molecule has 0 bridgehead atoms. The van der Waals surface area contributed by atoms with Crippen LogP contribution < -0.4 is 10.6 Å². The molecule has 2 saturated heterocycles. The summed E-state index contributed by atoms with van der Waals surface area (Å²) in [5.41, 5.74) is 0. The second-order valence-corrected chi connectivity index (χ2v) is 8.07. The number of aliphatic imine (C=N–C) groups is 1. The van der Waals surface area contributed by atoms with Crippen LogP contribution in [0.1, 0.15) is 50.8 Å². The third-order valence-corrected chi connectivity index (χ3v) is 5.78. The molecule has 0 spiro atoms. The zero-order valence-corrected chi connectivity index (χ0v) is 19.9. The first-order valence-electron chi connectivity index (χ1n) is 10.7. The zero-order chi connectivity index (χ0) is 18.9. The summed E-state index contributed by atoms with van der Waals surface area (Å²) in [5.74, 6) is 2.54. The predicted octanol–water partition coefficient (Wildman–Crippen LogP) is 3.32. The van der Waals surface area contributed by atoms with Crippen molar-refractivity contribution >= 4 is 29.9 Å². The molecule has 0 aromatic carbocycles. The van der Waals surface area contributed by atoms with Crippen LogP contribution in [0.4, 0.5) is 0 Å². The van der Waals surface area contributed by atoms with Gasteiger partial charge in [-0.25, -0.2) is 0 Å². The molecule has 0 radical (unpaired) electrons. The van der Waals surface area contributed by atoms with E-state index in [2.05, 4.69) is 38.4 Å². The van der Waals surface area contributed by atoms with E-state index in [9.17, 15) is 0 Å². The van der Waals surface area contributed by atoms with Gasteiger partial charge in [0, 0.05) is 26.7 Å². The number of hydrogen-bond acceptors (Lipinski definition) is 4. The van der Waals surface area contributed by atoms with Gasteiger partial charge in [0.15, 0.2) is 5.96 Å². The van der Waals surface area contributed by atoms with Gasteiger partial charge in [-0.15, -0.1) is 24.0 Å². The predicted molar refractivity (Wildman–Crippen MR) is 126 cm³/mol. The highest BCUT2D eigenvalue weighted by atomic mass is 127. The molecule has 2 aliphatic heterocycles. The van der Waals surface area contributed by atoms with Gasteiger partial charge in [0.25, 0.3) is 0 Å². The van der Waals surface area contributed by atoms with Crippen LogP contribution in [-0.4, -0.2) is 68.6 Å². The van der Waals surface area contributed by atoms with Gasteiger partial charge >= 0.3 is 0 Å². The van der Waals surface area contributed by atoms with E-state index in [-0.39, 0.29) is 30.0 Å². The highest BCUT2D eigenvalue weighted by Crippen LogP contribution is 2.24. The van der Waals surface area contributed by atoms with E-state index in [4.69, 9.17) is 4.42 Å². The average Bonchev–Trinajstić information content (AvgIpc) is 3.40. The fourth-order valence-corrected chi connectivity index (χ4v) is 4.28. The minimum absolute atomic E-state index is 0. The number of hydrogen-bond donors (Lipinski definition) is 2. The van der Waals surface area contributed by atoms with Crippen molar-refractivity contribution in [3.05, 3.63) is 24.2 Å². The Bertz CT molecular complexity index is 553. The van der Waals surface area contributed by atoms with Gasteiger partial charge < -0.3 is 20.0 Å². The van der Waals surface area contributed by atoms with Gasteiger partial charge in [0.1, 0.15) is 5.76 Å². The number of likely N-dealkylation sites (tertiary alicyclic amines) is 2. The van der Waals surface area contributed by atoms with Crippen molar-refractivity contribution in [1.82, 2.24) is 20.4 Å². The van der Waals surface area contributed by atoms with Crippen molar-refractivity contribution in [3.63, 3.8) is 0 Å². The molecule has 7 heteroatoms. The van der Waals surface area contributed by atoms with Crippen molar-refractivity contribution in [2.45, 2.75) is 45.1 Å². The standard InChI is InChI=1S/C21H37N5O.HI/c1-18(17-25-10-4-3-5-11-25)15-23-21(22-2)24-16-19(20-9-8-14-27-20)26-12-6-7-13-26;/h8-9,14,18-19H,3-7,10-13,15-17H2,1-2H3,(H2,22,23,24);1H. The lowest BCUT2D eigenvalue weighted by molar-refractivity contribution is 0.200. The Kier molecular flexibility index (Phi) is 10.6. The molecule has 2 atom stereocenters. The molecular weight excluding hydrogens is 465 g/mol. The molecule has 3 heterocycles. The summed E-state index contributed by atoms with van der Waals surface area (Å²) in [5, 5.41) is 7.03. The number of halogens is 1. The van der Waals surface area contributed by atoms with Crippen LogP contribution in [0.2, 0.25) is 0 Å². The molecule has 0 saturated carbocycles. The number of nitrogens with one attached hydrogen (secondary N) is 2. The van der Waals surface area contributed by atoms with Gasteiger partial charge in [-0.3, -0.25) is 9.89 Å². The van der Waals surface area contributed by atoms with Crippen LogP contribution in [0.15, 0.2) is 27.8 Å². The van der Waals surface area contributed by atoms with Gasteiger partial charge in [-0.05, 0) is 69.9 Å². The molecule has 2 aliphatic rings. The average molecular weight is 503 g/mol. The summed E-state index contributed by atoms with van der Waals surface area (Å²) in [6, 6.07) is 4.33. The molecule has 0 amide bonds. The quantitative estimate of drug-likeness (QED) is 0.324. The Hall–Kier alpha value is -0.800. The van der Waals surface area contributed by atoms with E-state index in [1.807, 2.05) is 13.1 Å². The SMILES string of the molecule is CN=C(NCC(C)CN1CCCCC1)NCC(c1ccco1)N1CCCC1.I. The first-order valence-corrected chi connectivity index (χ1v) is 10.7. The fourth-order valence-electron chi connectivity index (χ4n) is 4.28. The van der Waals surface area contributed by atoms with Crippen LogP contribution in [0.3, 0.4) is 0 Å². The molecule has 160 valence electrons. The van der Waals surface area contributed by atoms with Gasteiger partial charge in [-0.1, -0.05) is 13.3 Å². The fraction of sp³-hybridized carbons (Fsp3) is 0.762. The molecule has 28 heavy (non-hydrogen) atoms. The number of piperidine rings is 1. The van der Waals surface area contributed by atoms with E-state index in [0.29, 0.717) is 5.92 Å². The summed E-state index contributed by atoms with van der Waals surface area (Å²) in [6.07, 6.45) is 8.43. The molecule has 2 fully saturated rings. The summed E-state index contributed by atoms with van der Waals surface area (Å²) < 4.78 is 5.71. The monoisotopic (exact) mass is 503 g/mol. The Labute approximate surface area is 187 Å². The molecular formula is C21H38IN5O. The minimum atomic E-state index is 0. The van der Waals surface area contributed by atoms with Crippen molar-refractivity contribution in [2.75, 3.05) is 52.9 Å². The van der Waals surface area contributed by atoms with Crippen LogP contribution in [-0.2, 0) is 0 Å². The Morgan fingerprint density at radius 2 is 1.75 bits per heavy atom. The van der Waals surface area contributed by atoms with Crippen molar-refractivity contribution in [2.24, 2.45) is 10.9 Å². The number of rotatable bonds is 8. The minimum Gasteiger partial charge on any atom is -0.468 e. The lowest BCUT2D eigenvalue weighted by Gasteiger charge is -2.29. The zero-order valence-electron chi connectivity index (χ0n) is 17.5. The summed E-state index contributed by atoms with van der Waals surface area (Å²) >= 11 is 0. The van der Waals surface area contributed by atoms with E-state index in [1.165, 1.54) is 51.7 Å².